The van der Waals surface area contributed by atoms with Crippen molar-refractivity contribution in [3.63, 3.8) is 0 Å². The van der Waals surface area contributed by atoms with Crippen LogP contribution < -0.4 is 0 Å². The summed E-state index contributed by atoms with van der Waals surface area (Å²) >= 11 is 0. The maximum absolute atomic E-state index is 11.3. The van der Waals surface area contributed by atoms with Gasteiger partial charge < -0.3 is 5.11 Å². The molecule has 1 aliphatic heterocycles. The first-order valence-electron chi connectivity index (χ1n) is 7.16. The van der Waals surface area contributed by atoms with Crippen LogP contribution in [0.2, 0.25) is 0 Å². The molecule has 1 heterocycles. The molecule has 1 aromatic rings. The fourth-order valence-electron chi connectivity index (χ4n) is 3.21. The molecule has 3 heteroatoms. The highest BCUT2D eigenvalue weighted by Gasteiger charge is 2.36. The highest BCUT2D eigenvalue weighted by Crippen LogP contribution is 2.29. The fourth-order valence-corrected chi connectivity index (χ4v) is 3.21. The smallest absolute Gasteiger partial charge is 0.320 e. The number of hydrogen-bond acceptors (Lipinski definition) is 2. The Morgan fingerprint density at radius 3 is 2.68 bits per heavy atom. The molecule has 3 nitrogen and oxygen atoms in total. The van der Waals surface area contributed by atoms with Gasteiger partial charge in [-0.1, -0.05) is 37.3 Å². The number of carbonyl (C=O) groups is 1. The van der Waals surface area contributed by atoms with Gasteiger partial charge in [-0.15, -0.1) is 0 Å². The third kappa shape index (κ3) is 3.16. The second-order valence-electron chi connectivity index (χ2n) is 5.48. The first kappa shape index (κ1) is 14.1. The van der Waals surface area contributed by atoms with Gasteiger partial charge >= 0.3 is 5.97 Å². The second-order valence-corrected chi connectivity index (χ2v) is 5.48. The van der Waals surface area contributed by atoms with Gasteiger partial charge in [0, 0.05) is 6.04 Å². The van der Waals surface area contributed by atoms with Crippen LogP contribution in [0.5, 0.6) is 0 Å². The maximum atomic E-state index is 11.3. The molecule has 2 rings (SSSR count). The first-order valence-corrected chi connectivity index (χ1v) is 7.16. The lowest BCUT2D eigenvalue weighted by Gasteiger charge is -2.29. The largest absolute Gasteiger partial charge is 0.480 e. The normalized spacial score (nSPS) is 25.4. The molecule has 0 spiro atoms. The van der Waals surface area contributed by atoms with E-state index in [9.17, 15) is 9.90 Å². The minimum absolute atomic E-state index is 0.323. The van der Waals surface area contributed by atoms with Crippen molar-refractivity contribution in [2.75, 3.05) is 6.54 Å². The Bertz CT molecular complexity index is 418. The molecule has 0 radical (unpaired) electrons. The SMILES string of the molecule is CCC(C(=O)O)N1CCC(Cc2ccccc2)C1C. The van der Waals surface area contributed by atoms with Gasteiger partial charge in [-0.05, 0) is 44.2 Å². The molecule has 19 heavy (non-hydrogen) atoms. The Hall–Kier alpha value is -1.35. The number of carboxylic acid groups (broad SMARTS) is 1. The Morgan fingerprint density at radius 1 is 1.42 bits per heavy atom. The molecule has 1 saturated heterocycles. The summed E-state index contributed by atoms with van der Waals surface area (Å²) in [5.41, 5.74) is 1.35. The summed E-state index contributed by atoms with van der Waals surface area (Å²) in [6.45, 7) is 5.03. The van der Waals surface area contributed by atoms with E-state index in [-0.39, 0.29) is 6.04 Å². The summed E-state index contributed by atoms with van der Waals surface area (Å²) in [6.07, 6.45) is 2.83. The van der Waals surface area contributed by atoms with Crippen molar-refractivity contribution >= 4 is 5.97 Å². The monoisotopic (exact) mass is 261 g/mol. The van der Waals surface area contributed by atoms with Gasteiger partial charge in [0.05, 0.1) is 0 Å². The first-order chi connectivity index (χ1) is 9.13. The lowest BCUT2D eigenvalue weighted by atomic mass is 9.93. The van der Waals surface area contributed by atoms with Crippen molar-refractivity contribution in [3.8, 4) is 0 Å². The molecule has 1 aliphatic rings. The number of aliphatic carboxylic acids is 1. The van der Waals surface area contributed by atoms with Crippen LogP contribution in [0.4, 0.5) is 0 Å². The van der Waals surface area contributed by atoms with E-state index in [0.29, 0.717) is 18.4 Å². The molecule has 0 aromatic heterocycles. The molecule has 1 fully saturated rings. The van der Waals surface area contributed by atoms with Gasteiger partial charge in [0.1, 0.15) is 6.04 Å². The summed E-state index contributed by atoms with van der Waals surface area (Å²) in [6, 6.07) is 10.5. The van der Waals surface area contributed by atoms with Crippen molar-refractivity contribution in [1.29, 1.82) is 0 Å². The highest BCUT2D eigenvalue weighted by molar-refractivity contribution is 5.73. The van der Waals surface area contributed by atoms with E-state index in [2.05, 4.69) is 36.1 Å². The van der Waals surface area contributed by atoms with Gasteiger partial charge in [-0.2, -0.15) is 0 Å². The number of benzene rings is 1. The van der Waals surface area contributed by atoms with E-state index in [1.54, 1.807) is 0 Å². The van der Waals surface area contributed by atoms with Crippen molar-refractivity contribution in [2.24, 2.45) is 5.92 Å². The zero-order chi connectivity index (χ0) is 13.8. The topological polar surface area (TPSA) is 40.5 Å². The highest BCUT2D eigenvalue weighted by atomic mass is 16.4. The zero-order valence-corrected chi connectivity index (χ0v) is 11.7. The van der Waals surface area contributed by atoms with Gasteiger partial charge in [0.2, 0.25) is 0 Å². The zero-order valence-electron chi connectivity index (χ0n) is 11.7. The number of nitrogens with zero attached hydrogens (tertiary/aromatic N) is 1. The Morgan fingerprint density at radius 2 is 2.11 bits per heavy atom. The number of hydrogen-bond donors (Lipinski definition) is 1. The van der Waals surface area contributed by atoms with E-state index < -0.39 is 5.97 Å². The lowest BCUT2D eigenvalue weighted by Crippen LogP contribution is -2.44. The fraction of sp³-hybridized carbons (Fsp3) is 0.562. The van der Waals surface area contributed by atoms with Crippen molar-refractivity contribution in [2.45, 2.75) is 45.2 Å². The van der Waals surface area contributed by atoms with Crippen molar-refractivity contribution in [3.05, 3.63) is 35.9 Å². The molecule has 0 aliphatic carbocycles. The molecule has 0 amide bonds. The van der Waals surface area contributed by atoms with Gasteiger partial charge in [0.25, 0.3) is 0 Å². The van der Waals surface area contributed by atoms with Crippen LogP contribution in [-0.2, 0) is 11.2 Å². The maximum Gasteiger partial charge on any atom is 0.320 e. The molecule has 0 saturated carbocycles. The van der Waals surface area contributed by atoms with Crippen LogP contribution >= 0.6 is 0 Å². The van der Waals surface area contributed by atoms with E-state index >= 15 is 0 Å². The Kier molecular flexibility index (Phi) is 4.59. The van der Waals surface area contributed by atoms with Crippen LogP contribution in [-0.4, -0.2) is 34.6 Å². The Balaban J connectivity index is 2.01. The van der Waals surface area contributed by atoms with Gasteiger partial charge in [0.15, 0.2) is 0 Å². The van der Waals surface area contributed by atoms with E-state index in [1.165, 1.54) is 5.56 Å². The summed E-state index contributed by atoms with van der Waals surface area (Å²) in [4.78, 5) is 13.4. The van der Waals surface area contributed by atoms with Crippen LogP contribution in [0.3, 0.4) is 0 Å². The summed E-state index contributed by atoms with van der Waals surface area (Å²) in [7, 11) is 0. The van der Waals surface area contributed by atoms with E-state index in [1.807, 2.05) is 13.0 Å². The summed E-state index contributed by atoms with van der Waals surface area (Å²) in [5.74, 6) is -0.120. The third-order valence-corrected chi connectivity index (χ3v) is 4.38. The van der Waals surface area contributed by atoms with Crippen LogP contribution in [0, 0.1) is 5.92 Å². The minimum Gasteiger partial charge on any atom is -0.480 e. The average molecular weight is 261 g/mol. The summed E-state index contributed by atoms with van der Waals surface area (Å²) < 4.78 is 0. The van der Waals surface area contributed by atoms with E-state index in [4.69, 9.17) is 0 Å². The molecular formula is C16H23NO2. The average Bonchev–Trinajstić information content (AvgIpc) is 2.74. The molecular weight excluding hydrogens is 238 g/mol. The minimum atomic E-state index is -0.685. The van der Waals surface area contributed by atoms with Crippen LogP contribution in [0.1, 0.15) is 32.3 Å². The van der Waals surface area contributed by atoms with Crippen molar-refractivity contribution in [1.82, 2.24) is 4.90 Å². The number of carboxylic acids is 1. The summed E-state index contributed by atoms with van der Waals surface area (Å²) in [5, 5.41) is 9.29. The predicted octanol–water partition coefficient (Wildman–Crippen LogP) is 2.80. The lowest BCUT2D eigenvalue weighted by molar-refractivity contribution is -0.143. The van der Waals surface area contributed by atoms with Gasteiger partial charge in [-0.25, -0.2) is 0 Å². The quantitative estimate of drug-likeness (QED) is 0.886. The third-order valence-electron chi connectivity index (χ3n) is 4.38. The second kappa shape index (κ2) is 6.20. The predicted molar refractivity (Wildman–Crippen MR) is 76.1 cm³/mol. The van der Waals surface area contributed by atoms with Crippen molar-refractivity contribution < 1.29 is 9.90 Å². The molecule has 0 bridgehead atoms. The standard InChI is InChI=1S/C16H23NO2/c1-3-15(16(18)19)17-10-9-14(12(17)2)11-13-7-5-4-6-8-13/h4-8,12,14-15H,3,9-11H2,1-2H3,(H,18,19). The molecule has 3 unspecified atom stereocenters. The van der Waals surface area contributed by atoms with Crippen LogP contribution in [0.25, 0.3) is 0 Å². The number of likely N-dealkylation sites (tertiary alicyclic amines) is 1. The van der Waals surface area contributed by atoms with Gasteiger partial charge in [-0.3, -0.25) is 9.69 Å². The molecule has 1 N–H and O–H groups in total. The molecule has 104 valence electrons. The Labute approximate surface area is 115 Å². The van der Waals surface area contributed by atoms with Crippen LogP contribution in [0.15, 0.2) is 30.3 Å². The number of rotatable bonds is 5. The molecule has 1 aromatic carbocycles. The van der Waals surface area contributed by atoms with E-state index in [0.717, 1.165) is 19.4 Å². The molecule has 3 atom stereocenters.